The predicted molar refractivity (Wildman–Crippen MR) is 77.8 cm³/mol. The van der Waals surface area contributed by atoms with Gasteiger partial charge in [-0.25, -0.2) is 4.79 Å². The molecule has 2 aromatic rings. The number of carbonyl (C=O) groups is 1. The van der Waals surface area contributed by atoms with Gasteiger partial charge in [-0.05, 0) is 30.2 Å². The maximum absolute atomic E-state index is 11.6. The molecule has 2 nitrogen and oxygen atoms in total. The average molecular weight is 251 g/mol. The number of esters is 1. The fraction of sp³-hybridized carbons (Fsp3) is 0.118. The van der Waals surface area contributed by atoms with Crippen LogP contribution < -0.4 is 0 Å². The van der Waals surface area contributed by atoms with Crippen LogP contribution in [0.5, 0.6) is 0 Å². The zero-order chi connectivity index (χ0) is 13.5. The molecule has 0 saturated carbocycles. The van der Waals surface area contributed by atoms with Crippen molar-refractivity contribution in [1.29, 1.82) is 0 Å². The molecule has 0 unspecified atom stereocenters. The van der Waals surface area contributed by atoms with Crippen molar-refractivity contribution in [2.75, 3.05) is 6.61 Å². The molecule has 0 amide bonds. The van der Waals surface area contributed by atoms with Crippen molar-refractivity contribution in [3.8, 4) is 0 Å². The number of ether oxygens (including phenoxy) is 1. The number of hydrogen-bond acceptors (Lipinski definition) is 2. The lowest BCUT2D eigenvalue weighted by Crippen LogP contribution is -2.04. The van der Waals surface area contributed by atoms with Crippen LogP contribution in [0.3, 0.4) is 0 Å². The van der Waals surface area contributed by atoms with Crippen molar-refractivity contribution in [1.82, 2.24) is 0 Å². The van der Waals surface area contributed by atoms with Gasteiger partial charge in [-0.1, -0.05) is 54.6 Å². The van der Waals surface area contributed by atoms with E-state index in [9.17, 15) is 4.79 Å². The molecule has 0 radical (unpaired) electrons. The van der Waals surface area contributed by atoms with Crippen LogP contribution in [-0.2, 0) is 4.74 Å². The van der Waals surface area contributed by atoms with Gasteiger partial charge in [0.05, 0.1) is 12.2 Å². The summed E-state index contributed by atoms with van der Waals surface area (Å²) >= 11 is 0. The Labute approximate surface area is 113 Å². The molecule has 0 aliphatic carbocycles. The van der Waals surface area contributed by atoms with Crippen molar-refractivity contribution < 1.29 is 9.53 Å². The quantitative estimate of drug-likeness (QED) is 0.605. The molecule has 2 rings (SSSR count). The summed E-state index contributed by atoms with van der Waals surface area (Å²) in [6.07, 6.45) is 4.00. The van der Waals surface area contributed by atoms with Gasteiger partial charge < -0.3 is 4.74 Å². The lowest BCUT2D eigenvalue weighted by atomic mass is 9.88. The molecule has 0 aliphatic heterocycles. The Morgan fingerprint density at radius 3 is 2.42 bits per heavy atom. The van der Waals surface area contributed by atoms with Crippen molar-refractivity contribution in [2.45, 2.75) is 6.92 Å². The molecule has 0 N–H and O–H groups in total. The van der Waals surface area contributed by atoms with E-state index in [0.717, 1.165) is 11.1 Å². The van der Waals surface area contributed by atoms with Gasteiger partial charge in [0.2, 0.25) is 0 Å². The van der Waals surface area contributed by atoms with E-state index in [1.54, 1.807) is 13.0 Å². The van der Waals surface area contributed by atoms with Crippen molar-refractivity contribution in [3.63, 3.8) is 0 Å². The third-order valence-corrected chi connectivity index (χ3v) is 2.67. The van der Waals surface area contributed by atoms with Gasteiger partial charge in [0.1, 0.15) is 0 Å². The Morgan fingerprint density at radius 1 is 1.00 bits per heavy atom. The largest absolute Gasteiger partial charge is 0.462 e. The molecule has 0 aliphatic rings. The maximum Gasteiger partial charge on any atom is 0.338 e. The Kier molecular flexibility index (Phi) is 4.51. The second-order valence-electron chi connectivity index (χ2n) is 4.09. The van der Waals surface area contributed by atoms with E-state index in [0.29, 0.717) is 12.2 Å². The second kappa shape index (κ2) is 6.55. The standard InChI is InChI=1S/C17H16O2/c1-2-19-17(18)16-10-6-9-15(13-16)12-11-14-7-4-3-5-8-14/h3-13H,2H2,1H3/b12-11+/i12-1. The minimum atomic E-state index is -0.280. The second-order valence-corrected chi connectivity index (χ2v) is 4.09. The summed E-state index contributed by atoms with van der Waals surface area (Å²) in [5.74, 6) is -0.280. The summed E-state index contributed by atoms with van der Waals surface area (Å²) in [6.45, 7) is 2.19. The molecule has 0 saturated heterocycles. The first kappa shape index (κ1) is 13.1. The highest BCUT2D eigenvalue weighted by Crippen LogP contribution is 2.11. The van der Waals surface area contributed by atoms with Crippen LogP contribution in [0.15, 0.2) is 54.6 Å². The fourth-order valence-electron chi connectivity index (χ4n) is 1.74. The van der Waals surface area contributed by atoms with E-state index in [2.05, 4.69) is 0 Å². The highest BCUT2D eigenvalue weighted by Gasteiger charge is 2.05. The van der Waals surface area contributed by atoms with Gasteiger partial charge in [-0.3, -0.25) is 0 Å². The Hall–Kier alpha value is -2.35. The Morgan fingerprint density at radius 2 is 1.68 bits per heavy atom. The average Bonchev–Trinajstić information content (AvgIpc) is 2.47. The van der Waals surface area contributed by atoms with Crippen molar-refractivity contribution in [2.24, 2.45) is 0 Å². The molecule has 19 heavy (non-hydrogen) atoms. The van der Waals surface area contributed by atoms with Crippen LogP contribution in [0.25, 0.3) is 12.2 Å². The fourth-order valence-corrected chi connectivity index (χ4v) is 1.74. The van der Waals surface area contributed by atoms with Crippen LogP contribution >= 0.6 is 0 Å². The van der Waals surface area contributed by atoms with E-state index >= 15 is 0 Å². The highest BCUT2D eigenvalue weighted by atomic mass is 16.5. The Balaban J connectivity index is 2.15. The van der Waals surface area contributed by atoms with E-state index in [-0.39, 0.29) is 5.97 Å². The van der Waals surface area contributed by atoms with Gasteiger partial charge in [0.25, 0.3) is 0 Å². The van der Waals surface area contributed by atoms with Crippen LogP contribution in [0.2, 0.25) is 0 Å². The van der Waals surface area contributed by atoms with Gasteiger partial charge in [0.15, 0.2) is 0 Å². The first-order valence-electron chi connectivity index (χ1n) is 6.30. The zero-order valence-corrected chi connectivity index (χ0v) is 10.9. The highest BCUT2D eigenvalue weighted by molar-refractivity contribution is 5.90. The summed E-state index contributed by atoms with van der Waals surface area (Å²) in [6, 6.07) is 17.5. The van der Waals surface area contributed by atoms with Crippen LogP contribution in [0.4, 0.5) is 0 Å². The predicted octanol–water partition coefficient (Wildman–Crippen LogP) is 4.03. The molecule has 2 heteroatoms. The first-order valence-corrected chi connectivity index (χ1v) is 6.30. The summed E-state index contributed by atoms with van der Waals surface area (Å²) in [5, 5.41) is 0. The smallest absolute Gasteiger partial charge is 0.338 e. The molecular weight excluding hydrogens is 235 g/mol. The number of carbonyl (C=O) groups excluding carboxylic acids is 1. The SMILES string of the molecule is CCOC(=O)c1cccc(/[11CH]=C/c2ccccc2)c1. The summed E-state index contributed by atoms with van der Waals surface area (Å²) in [5.41, 5.74) is 2.69. The van der Waals surface area contributed by atoms with Crippen LogP contribution in [0.1, 0.15) is 28.4 Å². The molecule has 0 fully saturated rings. The molecule has 96 valence electrons. The third kappa shape index (κ3) is 3.81. The minimum Gasteiger partial charge on any atom is -0.462 e. The molecule has 0 spiro atoms. The van der Waals surface area contributed by atoms with Crippen molar-refractivity contribution >= 4 is 18.1 Å². The van der Waals surface area contributed by atoms with Crippen LogP contribution in [0, 0.1) is 0 Å². The van der Waals surface area contributed by atoms with Gasteiger partial charge in [0, 0.05) is 0 Å². The molecule has 0 bridgehead atoms. The molecule has 0 aromatic heterocycles. The molecule has 2 aromatic carbocycles. The zero-order valence-electron chi connectivity index (χ0n) is 10.9. The first-order chi connectivity index (χ1) is 9.29. The van der Waals surface area contributed by atoms with Gasteiger partial charge >= 0.3 is 5.97 Å². The molecule has 0 atom stereocenters. The van der Waals surface area contributed by atoms with Gasteiger partial charge in [-0.15, -0.1) is 0 Å². The third-order valence-electron chi connectivity index (χ3n) is 2.67. The minimum absolute atomic E-state index is 0.280. The lowest BCUT2D eigenvalue weighted by Gasteiger charge is -2.02. The van der Waals surface area contributed by atoms with E-state index in [1.807, 2.05) is 60.7 Å². The monoisotopic (exact) mass is 251 g/mol. The summed E-state index contributed by atoms with van der Waals surface area (Å²) in [7, 11) is 0. The lowest BCUT2D eigenvalue weighted by molar-refractivity contribution is 0.0526. The normalized spacial score (nSPS) is 10.6. The number of hydrogen-bond donors (Lipinski definition) is 0. The van der Waals surface area contributed by atoms with E-state index < -0.39 is 0 Å². The number of rotatable bonds is 4. The maximum atomic E-state index is 11.6. The molecular formula is C17H16O2. The van der Waals surface area contributed by atoms with E-state index in [1.165, 1.54) is 0 Å². The summed E-state index contributed by atoms with van der Waals surface area (Å²) < 4.78 is 4.98. The molecule has 0 heterocycles. The number of benzene rings is 2. The topological polar surface area (TPSA) is 26.3 Å². The Bertz CT molecular complexity index is 571. The van der Waals surface area contributed by atoms with Crippen molar-refractivity contribution in [3.05, 3.63) is 71.3 Å². The van der Waals surface area contributed by atoms with E-state index in [4.69, 9.17) is 4.74 Å². The van der Waals surface area contributed by atoms with Crippen LogP contribution in [-0.4, -0.2) is 12.6 Å². The summed E-state index contributed by atoms with van der Waals surface area (Å²) in [4.78, 5) is 11.6. The van der Waals surface area contributed by atoms with Gasteiger partial charge in [-0.2, -0.15) is 0 Å².